The molecule has 16 heavy (non-hydrogen) atoms. The van der Waals surface area contributed by atoms with E-state index in [1.807, 2.05) is 0 Å². The van der Waals surface area contributed by atoms with Crippen molar-refractivity contribution in [2.75, 3.05) is 0 Å². The molecule has 86 valence electrons. The van der Waals surface area contributed by atoms with Gasteiger partial charge in [0.15, 0.2) is 0 Å². The van der Waals surface area contributed by atoms with E-state index in [4.69, 9.17) is 5.26 Å². The summed E-state index contributed by atoms with van der Waals surface area (Å²) in [5, 5.41) is 8.34. The Morgan fingerprint density at radius 2 is 1.88 bits per heavy atom. The fourth-order valence-electron chi connectivity index (χ4n) is 0.959. The third kappa shape index (κ3) is 2.24. The zero-order valence-electron chi connectivity index (χ0n) is 7.32. The van der Waals surface area contributed by atoms with Gasteiger partial charge in [-0.2, -0.15) is 22.8 Å². The van der Waals surface area contributed by atoms with E-state index >= 15 is 0 Å². The lowest BCUT2D eigenvalue weighted by molar-refractivity contribution is -0.140. The number of halogens is 6. The molecule has 1 aromatic rings. The maximum Gasteiger partial charge on any atom is 0.420 e. The molecule has 0 saturated carbocycles. The van der Waals surface area contributed by atoms with Crippen molar-refractivity contribution in [3.8, 4) is 6.07 Å². The molecule has 0 bridgehead atoms. The van der Waals surface area contributed by atoms with Gasteiger partial charge in [0.2, 0.25) is 5.95 Å². The lowest BCUT2D eigenvalue weighted by atomic mass is 10.1. The maximum atomic E-state index is 12.7. The van der Waals surface area contributed by atoms with Crippen LogP contribution in [0.2, 0.25) is 0 Å². The highest BCUT2D eigenvalue weighted by Crippen LogP contribution is 2.33. The number of nitriles is 1. The number of hydrogen-bond donors (Lipinski definition) is 0. The van der Waals surface area contributed by atoms with Crippen LogP contribution in [-0.2, 0) is 6.18 Å². The number of rotatable bonds is 1. The van der Waals surface area contributed by atoms with Crippen LogP contribution in [0.15, 0.2) is 6.07 Å². The van der Waals surface area contributed by atoms with Crippen molar-refractivity contribution >= 4 is 0 Å². The average Bonchev–Trinajstić information content (AvgIpc) is 2.15. The third-order valence-electron chi connectivity index (χ3n) is 1.64. The minimum absolute atomic E-state index is 0.0177. The van der Waals surface area contributed by atoms with Crippen molar-refractivity contribution in [1.82, 2.24) is 4.98 Å². The normalized spacial score (nSPS) is 11.6. The van der Waals surface area contributed by atoms with Crippen molar-refractivity contribution in [1.29, 1.82) is 5.26 Å². The Morgan fingerprint density at radius 1 is 1.31 bits per heavy atom. The summed E-state index contributed by atoms with van der Waals surface area (Å²) in [6.07, 6.45) is -8.39. The molecular formula is C8H2F6N2. The maximum absolute atomic E-state index is 12.7. The van der Waals surface area contributed by atoms with Gasteiger partial charge in [0.25, 0.3) is 6.43 Å². The highest BCUT2D eigenvalue weighted by atomic mass is 19.4. The Morgan fingerprint density at radius 3 is 2.25 bits per heavy atom. The van der Waals surface area contributed by atoms with Gasteiger partial charge in [-0.1, -0.05) is 0 Å². The summed E-state index contributed by atoms with van der Waals surface area (Å²) < 4.78 is 73.4. The fourth-order valence-corrected chi connectivity index (χ4v) is 0.959. The standard InChI is InChI=1S/C8H2F6N2/c9-6(10)5-3(2-15)1-4(7(11)16-5)8(12,13)14/h1,6H. The van der Waals surface area contributed by atoms with Gasteiger partial charge < -0.3 is 0 Å². The predicted molar refractivity (Wildman–Crippen MR) is 38.9 cm³/mol. The fraction of sp³-hybridized carbons (Fsp3) is 0.250. The van der Waals surface area contributed by atoms with Gasteiger partial charge in [0.1, 0.15) is 17.3 Å². The van der Waals surface area contributed by atoms with Gasteiger partial charge in [-0.25, -0.2) is 13.8 Å². The Bertz CT molecular complexity index is 445. The first-order chi connectivity index (χ1) is 7.27. The lowest BCUT2D eigenvalue weighted by Crippen LogP contribution is -2.12. The summed E-state index contributed by atoms with van der Waals surface area (Å²) in [5.74, 6) is -2.07. The van der Waals surface area contributed by atoms with E-state index < -0.39 is 35.4 Å². The first-order valence-corrected chi connectivity index (χ1v) is 3.73. The zero-order valence-corrected chi connectivity index (χ0v) is 7.32. The molecule has 1 aromatic heterocycles. The number of nitrogens with zero attached hydrogens (tertiary/aromatic N) is 2. The summed E-state index contributed by atoms with van der Waals surface area (Å²) >= 11 is 0. The van der Waals surface area contributed by atoms with Crippen LogP contribution in [0, 0.1) is 17.3 Å². The number of aromatic nitrogens is 1. The quantitative estimate of drug-likeness (QED) is 0.558. The molecule has 1 heterocycles. The Labute approximate surface area is 85.1 Å². The van der Waals surface area contributed by atoms with Gasteiger partial charge in [0, 0.05) is 0 Å². The molecule has 2 nitrogen and oxygen atoms in total. The molecule has 0 aromatic carbocycles. The smallest absolute Gasteiger partial charge is 0.217 e. The van der Waals surface area contributed by atoms with Crippen LogP contribution in [0.1, 0.15) is 23.2 Å². The molecule has 0 radical (unpaired) electrons. The predicted octanol–water partition coefficient (Wildman–Crippen LogP) is 3.05. The van der Waals surface area contributed by atoms with E-state index in [9.17, 15) is 26.3 Å². The van der Waals surface area contributed by atoms with Gasteiger partial charge >= 0.3 is 6.18 Å². The van der Waals surface area contributed by atoms with Gasteiger partial charge in [-0.15, -0.1) is 0 Å². The second-order valence-electron chi connectivity index (χ2n) is 2.67. The van der Waals surface area contributed by atoms with Crippen LogP contribution >= 0.6 is 0 Å². The van der Waals surface area contributed by atoms with Crippen molar-refractivity contribution in [3.63, 3.8) is 0 Å². The molecule has 0 atom stereocenters. The summed E-state index contributed by atoms with van der Waals surface area (Å²) in [7, 11) is 0. The van der Waals surface area contributed by atoms with Crippen LogP contribution in [0.4, 0.5) is 26.3 Å². The molecule has 8 heteroatoms. The minimum atomic E-state index is -5.08. The Balaban J connectivity index is 3.45. The molecule has 0 fully saturated rings. The van der Waals surface area contributed by atoms with Crippen molar-refractivity contribution in [3.05, 3.63) is 28.8 Å². The van der Waals surface area contributed by atoms with Gasteiger partial charge in [0.05, 0.1) is 5.56 Å². The average molecular weight is 240 g/mol. The zero-order chi connectivity index (χ0) is 12.5. The molecular weight excluding hydrogens is 238 g/mol. The molecule has 0 unspecified atom stereocenters. The summed E-state index contributed by atoms with van der Waals surface area (Å²) in [5.41, 5.74) is -4.13. The Hall–Kier alpha value is -1.78. The van der Waals surface area contributed by atoms with Crippen LogP contribution < -0.4 is 0 Å². The molecule has 0 N–H and O–H groups in total. The van der Waals surface area contributed by atoms with Crippen LogP contribution in [0.3, 0.4) is 0 Å². The van der Waals surface area contributed by atoms with Crippen LogP contribution in [0.25, 0.3) is 0 Å². The Kier molecular flexibility index (Phi) is 3.07. The monoisotopic (exact) mass is 240 g/mol. The third-order valence-corrected chi connectivity index (χ3v) is 1.64. The molecule has 0 spiro atoms. The van der Waals surface area contributed by atoms with E-state index in [1.165, 1.54) is 0 Å². The molecule has 0 aliphatic heterocycles. The summed E-state index contributed by atoms with van der Waals surface area (Å²) in [6.45, 7) is 0. The number of alkyl halides is 5. The highest BCUT2D eigenvalue weighted by Gasteiger charge is 2.36. The van der Waals surface area contributed by atoms with Crippen molar-refractivity contribution in [2.45, 2.75) is 12.6 Å². The SMILES string of the molecule is N#Cc1cc(C(F)(F)F)c(F)nc1C(F)F. The van der Waals surface area contributed by atoms with E-state index in [1.54, 1.807) is 0 Å². The van der Waals surface area contributed by atoms with Crippen LogP contribution in [0.5, 0.6) is 0 Å². The summed E-state index contributed by atoms with van der Waals surface area (Å²) in [6, 6.07) is 1.13. The van der Waals surface area contributed by atoms with E-state index in [0.29, 0.717) is 0 Å². The van der Waals surface area contributed by atoms with Crippen LogP contribution in [-0.4, -0.2) is 4.98 Å². The van der Waals surface area contributed by atoms with E-state index in [2.05, 4.69) is 4.98 Å². The van der Waals surface area contributed by atoms with Crippen molar-refractivity contribution < 1.29 is 26.3 Å². The first-order valence-electron chi connectivity index (χ1n) is 3.73. The minimum Gasteiger partial charge on any atom is -0.217 e. The first kappa shape index (κ1) is 12.3. The number of hydrogen-bond acceptors (Lipinski definition) is 2. The second-order valence-corrected chi connectivity index (χ2v) is 2.67. The van der Waals surface area contributed by atoms with E-state index in [-0.39, 0.29) is 6.07 Å². The largest absolute Gasteiger partial charge is 0.420 e. The van der Waals surface area contributed by atoms with Gasteiger partial charge in [-0.3, -0.25) is 0 Å². The number of pyridine rings is 1. The molecule has 0 saturated heterocycles. The van der Waals surface area contributed by atoms with Gasteiger partial charge in [-0.05, 0) is 6.07 Å². The highest BCUT2D eigenvalue weighted by molar-refractivity contribution is 5.38. The topological polar surface area (TPSA) is 36.7 Å². The molecule has 0 aliphatic carbocycles. The lowest BCUT2D eigenvalue weighted by Gasteiger charge is -2.09. The molecule has 1 rings (SSSR count). The summed E-state index contributed by atoms with van der Waals surface area (Å²) in [4.78, 5) is 2.45. The molecule has 0 amide bonds. The van der Waals surface area contributed by atoms with E-state index in [0.717, 1.165) is 6.07 Å². The van der Waals surface area contributed by atoms with Crippen molar-refractivity contribution in [2.24, 2.45) is 0 Å². The second kappa shape index (κ2) is 4.00. The molecule has 0 aliphatic rings.